The lowest BCUT2D eigenvalue weighted by atomic mass is 10.1. The van der Waals surface area contributed by atoms with Crippen molar-refractivity contribution in [1.82, 2.24) is 0 Å². The molecule has 156 valence electrons. The normalized spacial score (nSPS) is 31.4. The molecule has 0 aromatic heterocycles. The summed E-state index contributed by atoms with van der Waals surface area (Å²) in [7, 11) is 9.61. The van der Waals surface area contributed by atoms with Gasteiger partial charge in [0.25, 0.3) is 0 Å². The minimum Gasteiger partial charge on any atom is -0.346 e. The van der Waals surface area contributed by atoms with E-state index in [1.807, 2.05) is 0 Å². The third kappa shape index (κ3) is 11.5. The van der Waals surface area contributed by atoms with Crippen LogP contribution in [0.3, 0.4) is 0 Å². The van der Waals surface area contributed by atoms with Crippen molar-refractivity contribution in [2.45, 2.75) is 24.6 Å². The molecular formula is C9H26O5P8S4. The molecular weight excluding hydrogens is 564 g/mol. The second-order valence-electron chi connectivity index (χ2n) is 4.90. The maximum absolute atomic E-state index is 6.35. The van der Waals surface area contributed by atoms with Gasteiger partial charge in [-0.2, -0.15) is 0 Å². The average molecular weight is 590 g/mol. The summed E-state index contributed by atoms with van der Waals surface area (Å²) in [6, 6.07) is 0. The molecule has 1 fully saturated rings. The predicted molar refractivity (Wildman–Crippen MR) is 146 cm³/mol. The second-order valence-corrected chi connectivity index (χ2v) is 29.8. The topological polar surface area (TPSA) is 46.2 Å². The van der Waals surface area contributed by atoms with E-state index >= 15 is 0 Å². The molecule has 0 bridgehead atoms. The van der Waals surface area contributed by atoms with Gasteiger partial charge < -0.3 is 13.8 Å². The molecule has 12 atom stereocenters. The largest absolute Gasteiger partial charge is 0.346 e. The first-order valence-electron chi connectivity index (χ1n) is 7.08. The summed E-state index contributed by atoms with van der Waals surface area (Å²) in [5.41, 5.74) is 0. The average Bonchev–Trinajstić information content (AvgIpc) is 2.59. The van der Waals surface area contributed by atoms with Crippen molar-refractivity contribution in [3.05, 3.63) is 0 Å². The molecule has 0 N–H and O–H groups in total. The molecule has 1 heterocycles. The lowest BCUT2D eigenvalue weighted by Gasteiger charge is -2.42. The van der Waals surface area contributed by atoms with Gasteiger partial charge in [-0.05, 0) is 40.3 Å². The molecule has 17 heteroatoms. The molecule has 0 spiro atoms. The predicted octanol–water partition coefficient (Wildman–Crippen LogP) is 7.37. The number of rotatable bonds is 12. The van der Waals surface area contributed by atoms with Crippen LogP contribution in [0.1, 0.15) is 0 Å². The molecule has 1 rings (SSSR count). The molecule has 1 aliphatic rings. The van der Waals surface area contributed by atoms with Crippen LogP contribution in [0.25, 0.3) is 0 Å². The Kier molecular flexibility index (Phi) is 18.0. The van der Waals surface area contributed by atoms with Gasteiger partial charge in [-0.25, -0.2) is 0 Å². The van der Waals surface area contributed by atoms with Gasteiger partial charge in [0.1, 0.15) is 12.2 Å². The zero-order valence-electron chi connectivity index (χ0n) is 14.8. The van der Waals surface area contributed by atoms with Crippen molar-refractivity contribution in [2.75, 3.05) is 33.3 Å². The van der Waals surface area contributed by atoms with Crippen molar-refractivity contribution < 1.29 is 22.2 Å². The molecule has 0 aromatic rings. The van der Waals surface area contributed by atoms with Crippen molar-refractivity contribution >= 4 is 108 Å². The molecule has 0 aromatic carbocycles. The first-order chi connectivity index (χ1) is 12.3. The van der Waals surface area contributed by atoms with E-state index in [9.17, 15) is 0 Å². The highest BCUT2D eigenvalue weighted by Gasteiger charge is 2.46. The first kappa shape index (κ1) is 28.7. The van der Waals surface area contributed by atoms with Gasteiger partial charge in [-0.3, -0.25) is 8.37 Å². The fraction of sp³-hybridized carbons (Fsp3) is 1.00. The fourth-order valence-electron chi connectivity index (χ4n) is 1.79. The summed E-state index contributed by atoms with van der Waals surface area (Å²) < 4.78 is 30.6. The molecule has 0 amide bonds. The highest BCUT2D eigenvalue weighted by atomic mass is 33.1. The standard InChI is InChI=1S/C9H26O5P8S4/c1-19(25-17)11-6-5-10-9(14-24-22(4)16)8(13-23-21(3)15)7(6)12-20(2)26-18/h6-9H,5,15-18H2,1-4H3/t6-,7?,8-,9?,19?,20?,21?,22?/m1/s1. The van der Waals surface area contributed by atoms with Crippen LogP contribution in [-0.2, 0) is 22.2 Å². The van der Waals surface area contributed by atoms with Crippen LogP contribution in [0.4, 0.5) is 0 Å². The van der Waals surface area contributed by atoms with E-state index in [1.165, 1.54) is 23.3 Å². The highest BCUT2D eigenvalue weighted by molar-refractivity contribution is 8.78. The Morgan fingerprint density at radius 1 is 0.846 bits per heavy atom. The summed E-state index contributed by atoms with van der Waals surface area (Å²) in [5.74, 6) is 0. The van der Waals surface area contributed by atoms with Crippen LogP contribution in [0.5, 0.6) is 0 Å². The maximum atomic E-state index is 6.35. The lowest BCUT2D eigenvalue weighted by Crippen LogP contribution is -2.54. The minimum absolute atomic E-state index is 0.177. The highest BCUT2D eigenvalue weighted by Crippen LogP contribution is 2.60. The first-order valence-corrected chi connectivity index (χ1v) is 25.8. The summed E-state index contributed by atoms with van der Waals surface area (Å²) in [6.07, 6.45) is -1.24. The molecule has 0 radical (unpaired) electrons. The second kappa shape index (κ2) is 16.3. The molecule has 10 unspecified atom stereocenters. The Bertz CT molecular complexity index is 392. The van der Waals surface area contributed by atoms with Crippen LogP contribution in [0.2, 0.25) is 0 Å². The Morgan fingerprint density at radius 3 is 1.92 bits per heavy atom. The molecule has 0 aliphatic carbocycles. The molecule has 1 aliphatic heterocycles. The number of ether oxygens (including phenoxy) is 1. The van der Waals surface area contributed by atoms with Crippen LogP contribution >= 0.6 is 108 Å². The van der Waals surface area contributed by atoms with Crippen LogP contribution < -0.4 is 0 Å². The third-order valence-corrected chi connectivity index (χ3v) is 16.6. The van der Waals surface area contributed by atoms with E-state index in [-0.39, 0.29) is 31.9 Å². The lowest BCUT2D eigenvalue weighted by molar-refractivity contribution is -0.213. The summed E-state index contributed by atoms with van der Waals surface area (Å²) in [6.45, 7) is 8.15. The fourth-order valence-corrected chi connectivity index (χ4v) is 7.95. The van der Waals surface area contributed by atoms with Crippen molar-refractivity contribution in [2.24, 2.45) is 0 Å². The number of hydrogen-bond acceptors (Lipinski definition) is 9. The SMILES string of the molecule is CP(P)SOC1OC[C@@H](OP(C)SP)C(OP(C)SP)[C@H]1OSP(C)P. The van der Waals surface area contributed by atoms with E-state index < -0.39 is 21.0 Å². The van der Waals surface area contributed by atoms with Crippen LogP contribution in [-0.4, -0.2) is 57.9 Å². The Balaban J connectivity index is 2.95. The summed E-state index contributed by atoms with van der Waals surface area (Å²) >= 11 is 6.17. The molecule has 5 nitrogen and oxygen atoms in total. The molecule has 26 heavy (non-hydrogen) atoms. The quantitative estimate of drug-likeness (QED) is 0.171. The summed E-state index contributed by atoms with van der Waals surface area (Å²) in [4.78, 5) is 0. The van der Waals surface area contributed by atoms with Gasteiger partial charge >= 0.3 is 0 Å². The smallest absolute Gasteiger partial charge is 0.201 e. The minimum atomic E-state index is -0.663. The van der Waals surface area contributed by atoms with Gasteiger partial charge in [-0.1, -0.05) is 56.7 Å². The van der Waals surface area contributed by atoms with E-state index in [1.54, 1.807) is 22.0 Å². The monoisotopic (exact) mass is 590 g/mol. The zero-order chi connectivity index (χ0) is 19.7. The van der Waals surface area contributed by atoms with Crippen LogP contribution in [0.15, 0.2) is 0 Å². The third-order valence-electron chi connectivity index (χ3n) is 2.76. The van der Waals surface area contributed by atoms with Crippen molar-refractivity contribution in [3.8, 4) is 0 Å². The van der Waals surface area contributed by atoms with Crippen molar-refractivity contribution in [1.29, 1.82) is 0 Å². The zero-order valence-corrected chi connectivity index (χ0v) is 26.3. The van der Waals surface area contributed by atoms with Crippen molar-refractivity contribution in [3.63, 3.8) is 0 Å². The van der Waals surface area contributed by atoms with Gasteiger partial charge in [0.05, 0.1) is 21.3 Å². The number of hydrogen-bond donors (Lipinski definition) is 0. The Hall–Kier alpha value is 4.64. The van der Waals surface area contributed by atoms with E-state index in [0.717, 1.165) is 0 Å². The van der Waals surface area contributed by atoms with E-state index in [0.29, 0.717) is 6.61 Å². The molecule has 0 saturated carbocycles. The Morgan fingerprint density at radius 2 is 1.38 bits per heavy atom. The van der Waals surface area contributed by atoms with Gasteiger partial charge in [-0.15, -0.1) is 0 Å². The van der Waals surface area contributed by atoms with E-state index in [2.05, 4.69) is 61.4 Å². The van der Waals surface area contributed by atoms with Gasteiger partial charge in [0.2, 0.25) is 6.29 Å². The summed E-state index contributed by atoms with van der Waals surface area (Å²) in [5, 5.41) is 0. The molecule has 1 saturated heterocycles. The van der Waals surface area contributed by atoms with Gasteiger partial charge in [0, 0.05) is 23.3 Å². The van der Waals surface area contributed by atoms with E-state index in [4.69, 9.17) is 22.2 Å². The van der Waals surface area contributed by atoms with Gasteiger partial charge in [0.15, 0.2) is 6.10 Å². The maximum Gasteiger partial charge on any atom is 0.201 e. The Labute approximate surface area is 187 Å². The van der Waals surface area contributed by atoms with Crippen LogP contribution in [0, 0.1) is 0 Å².